The number of carbonyl (C=O) groups is 1. The molecule has 0 saturated heterocycles. The Morgan fingerprint density at radius 3 is 2.89 bits per heavy atom. The van der Waals surface area contributed by atoms with Gasteiger partial charge in [0.05, 0.1) is 18.2 Å². The molecule has 0 spiro atoms. The lowest BCUT2D eigenvalue weighted by molar-refractivity contribution is -0.120. The van der Waals surface area contributed by atoms with E-state index in [-0.39, 0.29) is 5.91 Å². The summed E-state index contributed by atoms with van der Waals surface area (Å²) in [6.07, 6.45) is 4.88. The standard InChI is InChI=1S/C15H19N3O/c16-9-12-4-3-5-13(8-12)10-18-15(19)11-17-14-6-1-2-7-14/h3-5,8,14,17H,1-2,6-7,10-11H2,(H,18,19). The minimum atomic E-state index is 0.00857. The molecule has 0 unspecified atom stereocenters. The molecule has 0 bridgehead atoms. The van der Waals surface area contributed by atoms with Crippen molar-refractivity contribution in [3.05, 3.63) is 35.4 Å². The lowest BCUT2D eigenvalue weighted by Gasteiger charge is -2.11. The molecule has 0 aliphatic heterocycles. The Labute approximate surface area is 113 Å². The number of rotatable bonds is 5. The van der Waals surface area contributed by atoms with Crippen LogP contribution in [0, 0.1) is 11.3 Å². The Balaban J connectivity index is 1.72. The van der Waals surface area contributed by atoms with Gasteiger partial charge in [-0.05, 0) is 30.5 Å². The van der Waals surface area contributed by atoms with Crippen LogP contribution in [0.4, 0.5) is 0 Å². The molecule has 1 aromatic rings. The van der Waals surface area contributed by atoms with Crippen LogP contribution in [-0.4, -0.2) is 18.5 Å². The highest BCUT2D eigenvalue weighted by Gasteiger charge is 2.14. The highest BCUT2D eigenvalue weighted by atomic mass is 16.1. The summed E-state index contributed by atoms with van der Waals surface area (Å²) in [7, 11) is 0. The number of nitrogens with one attached hydrogen (secondary N) is 2. The van der Waals surface area contributed by atoms with Crippen LogP contribution in [0.3, 0.4) is 0 Å². The number of benzene rings is 1. The van der Waals surface area contributed by atoms with Crippen LogP contribution in [0.2, 0.25) is 0 Å². The molecule has 4 nitrogen and oxygen atoms in total. The summed E-state index contributed by atoms with van der Waals surface area (Å²) in [6.45, 7) is 0.851. The van der Waals surface area contributed by atoms with Gasteiger partial charge in [0.15, 0.2) is 0 Å². The Bertz CT molecular complexity index is 473. The smallest absolute Gasteiger partial charge is 0.234 e. The highest BCUT2D eigenvalue weighted by molar-refractivity contribution is 5.78. The second-order valence-corrected chi connectivity index (χ2v) is 4.95. The van der Waals surface area contributed by atoms with Crippen molar-refractivity contribution in [2.24, 2.45) is 0 Å². The van der Waals surface area contributed by atoms with E-state index in [0.29, 0.717) is 24.7 Å². The first-order valence-electron chi connectivity index (χ1n) is 6.77. The second kappa shape index (κ2) is 6.91. The van der Waals surface area contributed by atoms with Crippen LogP contribution >= 0.6 is 0 Å². The van der Waals surface area contributed by atoms with Crippen LogP contribution in [0.15, 0.2) is 24.3 Å². The number of hydrogen-bond acceptors (Lipinski definition) is 3. The molecule has 2 rings (SSSR count). The molecule has 1 aliphatic rings. The molecule has 1 amide bonds. The van der Waals surface area contributed by atoms with Crippen LogP contribution in [0.25, 0.3) is 0 Å². The summed E-state index contributed by atoms with van der Waals surface area (Å²) < 4.78 is 0. The maximum absolute atomic E-state index is 11.7. The molecule has 0 atom stereocenters. The SMILES string of the molecule is N#Cc1cccc(CNC(=O)CNC2CCCC2)c1. The number of hydrogen-bond donors (Lipinski definition) is 2. The Hall–Kier alpha value is -1.86. The average molecular weight is 257 g/mol. The summed E-state index contributed by atoms with van der Waals surface area (Å²) >= 11 is 0. The topological polar surface area (TPSA) is 64.9 Å². The van der Waals surface area contributed by atoms with Crippen LogP contribution in [0.5, 0.6) is 0 Å². The van der Waals surface area contributed by atoms with Gasteiger partial charge in [0, 0.05) is 12.6 Å². The number of amides is 1. The van der Waals surface area contributed by atoms with E-state index in [0.717, 1.165) is 5.56 Å². The van der Waals surface area contributed by atoms with Crippen molar-refractivity contribution in [1.82, 2.24) is 10.6 Å². The van der Waals surface area contributed by atoms with Gasteiger partial charge in [0.25, 0.3) is 0 Å². The summed E-state index contributed by atoms with van der Waals surface area (Å²) in [5, 5.41) is 14.9. The summed E-state index contributed by atoms with van der Waals surface area (Å²) in [4.78, 5) is 11.7. The molecule has 0 radical (unpaired) electrons. The van der Waals surface area contributed by atoms with E-state index >= 15 is 0 Å². The summed E-state index contributed by atoms with van der Waals surface area (Å²) in [5.74, 6) is 0.00857. The van der Waals surface area contributed by atoms with E-state index in [9.17, 15) is 4.79 Å². The molecule has 0 heterocycles. The second-order valence-electron chi connectivity index (χ2n) is 4.95. The van der Waals surface area contributed by atoms with Gasteiger partial charge < -0.3 is 10.6 Å². The van der Waals surface area contributed by atoms with Crippen LogP contribution in [0.1, 0.15) is 36.8 Å². The first-order chi connectivity index (χ1) is 9.28. The third-order valence-corrected chi connectivity index (χ3v) is 3.45. The minimum absolute atomic E-state index is 0.00857. The first kappa shape index (κ1) is 13.6. The minimum Gasteiger partial charge on any atom is -0.351 e. The first-order valence-corrected chi connectivity index (χ1v) is 6.77. The largest absolute Gasteiger partial charge is 0.351 e. The Morgan fingerprint density at radius 1 is 1.37 bits per heavy atom. The molecular formula is C15H19N3O. The fourth-order valence-electron chi connectivity index (χ4n) is 2.38. The lowest BCUT2D eigenvalue weighted by Crippen LogP contribution is -2.37. The van der Waals surface area contributed by atoms with E-state index < -0.39 is 0 Å². The zero-order chi connectivity index (χ0) is 13.5. The molecule has 1 aliphatic carbocycles. The van der Waals surface area contributed by atoms with Gasteiger partial charge in [-0.15, -0.1) is 0 Å². The number of nitrogens with zero attached hydrogens (tertiary/aromatic N) is 1. The number of nitriles is 1. The average Bonchev–Trinajstić information content (AvgIpc) is 2.96. The van der Waals surface area contributed by atoms with E-state index in [1.807, 2.05) is 12.1 Å². The van der Waals surface area contributed by atoms with Gasteiger partial charge in [-0.2, -0.15) is 5.26 Å². The van der Waals surface area contributed by atoms with Crippen LogP contribution in [-0.2, 0) is 11.3 Å². The third kappa shape index (κ3) is 4.38. The fourth-order valence-corrected chi connectivity index (χ4v) is 2.38. The Morgan fingerprint density at radius 2 is 2.16 bits per heavy atom. The van der Waals surface area contributed by atoms with Gasteiger partial charge in [0.2, 0.25) is 5.91 Å². The van der Waals surface area contributed by atoms with Gasteiger partial charge in [0.1, 0.15) is 0 Å². The van der Waals surface area contributed by atoms with Crippen molar-refractivity contribution < 1.29 is 4.79 Å². The van der Waals surface area contributed by atoms with E-state index in [1.54, 1.807) is 12.1 Å². The summed E-state index contributed by atoms with van der Waals surface area (Å²) in [5.41, 5.74) is 1.57. The monoisotopic (exact) mass is 257 g/mol. The van der Waals surface area contributed by atoms with E-state index in [2.05, 4.69) is 16.7 Å². The zero-order valence-electron chi connectivity index (χ0n) is 11.0. The Kier molecular flexibility index (Phi) is 4.93. The maximum atomic E-state index is 11.7. The van der Waals surface area contributed by atoms with Crippen molar-refractivity contribution in [2.45, 2.75) is 38.3 Å². The normalized spacial score (nSPS) is 15.1. The quantitative estimate of drug-likeness (QED) is 0.844. The summed E-state index contributed by atoms with van der Waals surface area (Å²) in [6, 6.07) is 9.89. The molecule has 2 N–H and O–H groups in total. The van der Waals surface area contributed by atoms with Gasteiger partial charge in [-0.1, -0.05) is 25.0 Å². The van der Waals surface area contributed by atoms with Crippen LogP contribution < -0.4 is 10.6 Å². The van der Waals surface area contributed by atoms with E-state index in [1.165, 1.54) is 25.7 Å². The van der Waals surface area contributed by atoms with Crippen molar-refractivity contribution in [3.8, 4) is 6.07 Å². The molecular weight excluding hydrogens is 238 g/mol. The molecule has 1 fully saturated rings. The van der Waals surface area contributed by atoms with Crippen molar-refractivity contribution in [1.29, 1.82) is 5.26 Å². The molecule has 0 aromatic heterocycles. The zero-order valence-corrected chi connectivity index (χ0v) is 11.0. The van der Waals surface area contributed by atoms with Gasteiger partial charge in [-0.3, -0.25) is 4.79 Å². The number of carbonyl (C=O) groups excluding carboxylic acids is 1. The predicted molar refractivity (Wildman–Crippen MR) is 73.3 cm³/mol. The van der Waals surface area contributed by atoms with E-state index in [4.69, 9.17) is 5.26 Å². The molecule has 19 heavy (non-hydrogen) atoms. The molecule has 100 valence electrons. The molecule has 1 saturated carbocycles. The fraction of sp³-hybridized carbons (Fsp3) is 0.467. The molecule has 4 heteroatoms. The lowest BCUT2D eigenvalue weighted by atomic mass is 10.1. The van der Waals surface area contributed by atoms with Crippen molar-refractivity contribution in [3.63, 3.8) is 0 Å². The molecule has 1 aromatic carbocycles. The van der Waals surface area contributed by atoms with Crippen molar-refractivity contribution >= 4 is 5.91 Å². The van der Waals surface area contributed by atoms with Crippen molar-refractivity contribution in [2.75, 3.05) is 6.54 Å². The van der Waals surface area contributed by atoms with Gasteiger partial charge >= 0.3 is 0 Å². The predicted octanol–water partition coefficient (Wildman–Crippen LogP) is 1.71. The third-order valence-electron chi connectivity index (χ3n) is 3.45. The maximum Gasteiger partial charge on any atom is 0.234 e. The highest BCUT2D eigenvalue weighted by Crippen LogP contribution is 2.17. The van der Waals surface area contributed by atoms with Gasteiger partial charge in [-0.25, -0.2) is 0 Å².